The Morgan fingerprint density at radius 2 is 1.31 bits per heavy atom. The highest BCUT2D eigenvalue weighted by atomic mass is 16.6. The summed E-state index contributed by atoms with van der Waals surface area (Å²) in [6, 6.07) is 25.5. The largest absolute Gasteiger partial charge is 0.497 e. The maximum absolute atomic E-state index is 12.6. The van der Waals surface area contributed by atoms with Gasteiger partial charge in [-0.3, -0.25) is 4.79 Å². The Morgan fingerprint density at radius 3 is 1.79 bits per heavy atom. The second-order valence-electron chi connectivity index (χ2n) is 9.41. The van der Waals surface area contributed by atoms with Gasteiger partial charge in [-0.1, -0.05) is 54.6 Å². The molecule has 0 aliphatic rings. The molecule has 0 saturated carbocycles. The summed E-state index contributed by atoms with van der Waals surface area (Å²) < 4.78 is 23.5. The van der Waals surface area contributed by atoms with Crippen LogP contribution in [0.25, 0.3) is 0 Å². The Kier molecular flexibility index (Phi) is 11.5. The number of esters is 1. The molecule has 0 aliphatic heterocycles. The number of carbonyl (C=O) groups excluding carboxylic acids is 2. The molecule has 1 unspecified atom stereocenters. The number of carbonyl (C=O) groups is 2. The van der Waals surface area contributed by atoms with Gasteiger partial charge in [0.25, 0.3) is 0 Å². The van der Waals surface area contributed by atoms with Crippen LogP contribution in [-0.4, -0.2) is 45.2 Å². The highest BCUT2D eigenvalue weighted by Gasteiger charge is 2.39. The van der Waals surface area contributed by atoms with Gasteiger partial charge in [0.1, 0.15) is 29.0 Å². The summed E-state index contributed by atoms with van der Waals surface area (Å²) in [5.74, 6) is 1.000. The maximum atomic E-state index is 12.6. The van der Waals surface area contributed by atoms with Crippen molar-refractivity contribution >= 4 is 11.8 Å². The van der Waals surface area contributed by atoms with Crippen molar-refractivity contribution in [3.8, 4) is 11.5 Å². The van der Waals surface area contributed by atoms with Crippen LogP contribution in [0.2, 0.25) is 0 Å². The number of ketones is 1. The fourth-order valence-corrected chi connectivity index (χ4v) is 4.51. The van der Waals surface area contributed by atoms with Crippen LogP contribution in [-0.2, 0) is 24.7 Å². The molecule has 0 aliphatic carbocycles. The van der Waals surface area contributed by atoms with Crippen molar-refractivity contribution in [3.63, 3.8) is 0 Å². The summed E-state index contributed by atoms with van der Waals surface area (Å²) in [5, 5.41) is 0. The summed E-state index contributed by atoms with van der Waals surface area (Å²) in [6.07, 6.45) is 1.88. The van der Waals surface area contributed by atoms with Crippen LogP contribution in [0.1, 0.15) is 55.7 Å². The highest BCUT2D eigenvalue weighted by Crippen LogP contribution is 2.42. The third-order valence-corrected chi connectivity index (χ3v) is 6.62. The molecule has 208 valence electrons. The molecule has 0 aromatic heterocycles. The highest BCUT2D eigenvalue weighted by molar-refractivity contribution is 5.81. The molecule has 0 amide bonds. The first-order chi connectivity index (χ1) is 18.9. The molecule has 39 heavy (non-hydrogen) atoms. The quantitative estimate of drug-likeness (QED) is 0.149. The molecule has 0 heterocycles. The second-order valence-corrected chi connectivity index (χ2v) is 9.41. The summed E-state index contributed by atoms with van der Waals surface area (Å²) in [4.78, 5) is 24.0. The molecule has 3 rings (SSSR count). The number of methoxy groups -OCH3 is 2. The number of hydrogen-bond donors (Lipinski definition) is 1. The van der Waals surface area contributed by atoms with Crippen molar-refractivity contribution in [3.05, 3.63) is 95.6 Å². The van der Waals surface area contributed by atoms with E-state index in [4.69, 9.17) is 24.7 Å². The van der Waals surface area contributed by atoms with Gasteiger partial charge in [-0.2, -0.15) is 0 Å². The third-order valence-electron chi connectivity index (χ3n) is 6.62. The Bertz CT molecular complexity index is 1110. The smallest absolute Gasteiger partial charge is 0.306 e. The van der Waals surface area contributed by atoms with E-state index in [1.165, 1.54) is 6.92 Å². The number of rotatable bonds is 16. The SMILES string of the molecule is COc1ccc(C(OCC(CCCCN)OC(=O)CCC(C)=O)(c2ccccc2)c2ccc(OC)cc2)cc1. The van der Waals surface area contributed by atoms with E-state index in [0.29, 0.717) is 13.0 Å². The predicted molar refractivity (Wildman–Crippen MR) is 151 cm³/mol. The first kappa shape index (κ1) is 29.9. The Hall–Kier alpha value is -3.68. The molecule has 0 spiro atoms. The monoisotopic (exact) mass is 533 g/mol. The van der Waals surface area contributed by atoms with Gasteiger partial charge >= 0.3 is 5.97 Å². The van der Waals surface area contributed by atoms with Crippen LogP contribution in [0.4, 0.5) is 0 Å². The molecule has 1 atom stereocenters. The fraction of sp³-hybridized carbons (Fsp3) is 0.375. The lowest BCUT2D eigenvalue weighted by atomic mass is 9.80. The molecule has 0 saturated heterocycles. The number of Topliss-reactive ketones (excluding diaryl/α,β-unsaturated/α-hetero) is 1. The summed E-state index contributed by atoms with van der Waals surface area (Å²) in [7, 11) is 3.26. The third kappa shape index (κ3) is 8.15. The van der Waals surface area contributed by atoms with Gasteiger partial charge in [0, 0.05) is 6.42 Å². The van der Waals surface area contributed by atoms with Gasteiger partial charge in [-0.25, -0.2) is 0 Å². The number of benzene rings is 3. The number of nitrogens with two attached hydrogens (primary N) is 1. The zero-order chi connectivity index (χ0) is 28.1. The van der Waals surface area contributed by atoms with Gasteiger partial charge in [0.05, 0.1) is 27.2 Å². The first-order valence-electron chi connectivity index (χ1n) is 13.3. The normalized spacial score (nSPS) is 12.0. The molecule has 7 heteroatoms. The lowest BCUT2D eigenvalue weighted by molar-refractivity contribution is -0.156. The predicted octanol–water partition coefficient (Wildman–Crippen LogP) is 5.42. The standard InChI is InChI=1S/C32H39NO6/c1-24(34)12-21-31(35)39-30(11-7-8-22-33)23-38-32(25-9-5-4-6-10-25,26-13-17-28(36-2)18-14-26)27-15-19-29(37-3)20-16-27/h4-6,9-10,13-20,30H,7-8,11-12,21-23,33H2,1-3H3. The maximum Gasteiger partial charge on any atom is 0.306 e. The van der Waals surface area contributed by atoms with Crippen LogP contribution in [0.3, 0.4) is 0 Å². The molecule has 0 fully saturated rings. The molecule has 0 radical (unpaired) electrons. The van der Waals surface area contributed by atoms with Crippen molar-refractivity contribution in [1.29, 1.82) is 0 Å². The first-order valence-corrected chi connectivity index (χ1v) is 13.3. The van der Waals surface area contributed by atoms with E-state index >= 15 is 0 Å². The topological polar surface area (TPSA) is 97.1 Å². The minimum absolute atomic E-state index is 0.0451. The minimum atomic E-state index is -1.02. The van der Waals surface area contributed by atoms with E-state index in [0.717, 1.165) is 41.0 Å². The van der Waals surface area contributed by atoms with Gasteiger partial charge in [0.15, 0.2) is 0 Å². The van der Waals surface area contributed by atoms with Gasteiger partial charge in [0.2, 0.25) is 0 Å². The zero-order valence-electron chi connectivity index (χ0n) is 23.1. The van der Waals surface area contributed by atoms with E-state index in [1.807, 2.05) is 78.9 Å². The lowest BCUT2D eigenvalue weighted by Crippen LogP contribution is -2.37. The zero-order valence-corrected chi connectivity index (χ0v) is 23.1. The van der Waals surface area contributed by atoms with Crippen LogP contribution in [0.5, 0.6) is 11.5 Å². The number of hydrogen-bond acceptors (Lipinski definition) is 7. The lowest BCUT2D eigenvalue weighted by Gasteiger charge is -2.37. The van der Waals surface area contributed by atoms with Crippen molar-refractivity contribution < 1.29 is 28.5 Å². The van der Waals surface area contributed by atoms with E-state index in [-0.39, 0.29) is 25.2 Å². The van der Waals surface area contributed by atoms with Crippen molar-refractivity contribution in [2.45, 2.75) is 50.7 Å². The summed E-state index contributed by atoms with van der Waals surface area (Å²) in [5.41, 5.74) is 7.41. The van der Waals surface area contributed by atoms with Crippen molar-refractivity contribution in [2.24, 2.45) is 5.73 Å². The van der Waals surface area contributed by atoms with Gasteiger partial charge in [-0.15, -0.1) is 0 Å². The molecular weight excluding hydrogens is 494 g/mol. The van der Waals surface area contributed by atoms with Gasteiger partial charge in [-0.05, 0) is 73.7 Å². The molecule has 3 aromatic rings. The van der Waals surface area contributed by atoms with Gasteiger partial charge < -0.3 is 29.5 Å². The molecule has 2 N–H and O–H groups in total. The Morgan fingerprint density at radius 1 is 0.769 bits per heavy atom. The number of ether oxygens (including phenoxy) is 4. The summed E-state index contributed by atoms with van der Waals surface area (Å²) >= 11 is 0. The Balaban J connectivity index is 2.05. The van der Waals surface area contributed by atoms with Crippen LogP contribution in [0.15, 0.2) is 78.9 Å². The molecule has 3 aromatic carbocycles. The van der Waals surface area contributed by atoms with Crippen LogP contribution in [0, 0.1) is 0 Å². The van der Waals surface area contributed by atoms with Crippen LogP contribution < -0.4 is 15.2 Å². The van der Waals surface area contributed by atoms with E-state index in [9.17, 15) is 9.59 Å². The molecule has 0 bridgehead atoms. The number of unbranched alkanes of at least 4 members (excludes halogenated alkanes) is 1. The van der Waals surface area contributed by atoms with E-state index < -0.39 is 17.7 Å². The Labute approximate surface area is 231 Å². The minimum Gasteiger partial charge on any atom is -0.497 e. The molecule has 7 nitrogen and oxygen atoms in total. The van der Waals surface area contributed by atoms with E-state index in [1.54, 1.807) is 14.2 Å². The average Bonchev–Trinajstić information content (AvgIpc) is 2.97. The average molecular weight is 534 g/mol. The summed E-state index contributed by atoms with van der Waals surface area (Å²) in [6.45, 7) is 2.16. The van der Waals surface area contributed by atoms with Crippen molar-refractivity contribution in [1.82, 2.24) is 0 Å². The second kappa shape index (κ2) is 15.0. The molecular formula is C32H39NO6. The van der Waals surface area contributed by atoms with E-state index in [2.05, 4.69) is 0 Å². The fourth-order valence-electron chi connectivity index (χ4n) is 4.51. The van der Waals surface area contributed by atoms with Crippen LogP contribution >= 0.6 is 0 Å². The van der Waals surface area contributed by atoms with Crippen molar-refractivity contribution in [2.75, 3.05) is 27.4 Å².